The van der Waals surface area contributed by atoms with Crippen LogP contribution >= 0.6 is 11.6 Å². The van der Waals surface area contributed by atoms with E-state index >= 15 is 0 Å². The molecule has 160 valence electrons. The van der Waals surface area contributed by atoms with E-state index in [0.717, 1.165) is 11.1 Å². The number of ether oxygens (including phenoxy) is 2. The number of carbonyl (C=O) groups excluding carboxylic acids is 1. The third-order valence-electron chi connectivity index (χ3n) is 5.43. The predicted molar refractivity (Wildman–Crippen MR) is 119 cm³/mol. The van der Waals surface area contributed by atoms with Crippen molar-refractivity contribution in [3.05, 3.63) is 88.2 Å². The van der Waals surface area contributed by atoms with Gasteiger partial charge >= 0.3 is 6.03 Å². The molecule has 3 aromatic carbocycles. The number of carbonyl (C=O) groups is 1. The highest BCUT2D eigenvalue weighted by Crippen LogP contribution is 2.41. The summed E-state index contributed by atoms with van der Waals surface area (Å²) in [5, 5.41) is 3.47. The molecule has 0 bridgehead atoms. The lowest BCUT2D eigenvalue weighted by molar-refractivity contribution is 0.192. The summed E-state index contributed by atoms with van der Waals surface area (Å²) < 4.78 is 25.8. The lowest BCUT2D eigenvalue weighted by Gasteiger charge is -2.38. The molecule has 0 unspecified atom stereocenters. The van der Waals surface area contributed by atoms with E-state index in [2.05, 4.69) is 5.32 Å². The number of nitrogens with one attached hydrogen (secondary N) is 1. The number of halogens is 2. The van der Waals surface area contributed by atoms with Gasteiger partial charge in [0.2, 0.25) is 0 Å². The average molecular weight is 441 g/mol. The molecule has 7 heteroatoms. The van der Waals surface area contributed by atoms with Crippen LogP contribution in [0.3, 0.4) is 0 Å². The Hall–Kier alpha value is -3.25. The molecule has 0 saturated carbocycles. The Bertz CT molecular complexity index is 1100. The number of anilines is 1. The molecule has 1 atom stereocenters. The zero-order valence-corrected chi connectivity index (χ0v) is 17.9. The van der Waals surface area contributed by atoms with Crippen LogP contribution in [-0.4, -0.2) is 31.7 Å². The average Bonchev–Trinajstić information content (AvgIpc) is 2.79. The van der Waals surface area contributed by atoms with Gasteiger partial charge in [-0.25, -0.2) is 9.18 Å². The molecule has 1 N–H and O–H groups in total. The Morgan fingerprint density at radius 3 is 2.39 bits per heavy atom. The highest BCUT2D eigenvalue weighted by Gasteiger charge is 2.35. The Kier molecular flexibility index (Phi) is 6.00. The highest BCUT2D eigenvalue weighted by molar-refractivity contribution is 6.30. The molecule has 2 amide bonds. The minimum absolute atomic E-state index is 0.323. The maximum absolute atomic E-state index is 14.9. The van der Waals surface area contributed by atoms with E-state index in [9.17, 15) is 9.18 Å². The Labute approximate surface area is 185 Å². The lowest BCUT2D eigenvalue weighted by atomic mass is 9.87. The van der Waals surface area contributed by atoms with Gasteiger partial charge < -0.3 is 19.7 Å². The monoisotopic (exact) mass is 440 g/mol. The molecule has 0 aromatic heterocycles. The molecular formula is C24H22ClFN2O3. The summed E-state index contributed by atoms with van der Waals surface area (Å²) in [6.45, 7) is 0.418. The van der Waals surface area contributed by atoms with Crippen LogP contribution in [0.4, 0.5) is 14.9 Å². The number of fused-ring (bicyclic) bond motifs is 1. The number of hydrogen-bond donors (Lipinski definition) is 1. The molecule has 0 radical (unpaired) electrons. The molecule has 3 aromatic rings. The first-order valence-corrected chi connectivity index (χ1v) is 10.2. The summed E-state index contributed by atoms with van der Waals surface area (Å²) in [6.07, 6.45) is 0.606. The number of benzene rings is 3. The number of nitrogens with zero attached hydrogens (tertiary/aromatic N) is 1. The second-order valence-electron chi connectivity index (χ2n) is 7.21. The first-order valence-electron chi connectivity index (χ1n) is 9.84. The van der Waals surface area contributed by atoms with E-state index in [1.807, 2.05) is 12.1 Å². The fourth-order valence-corrected chi connectivity index (χ4v) is 4.05. The van der Waals surface area contributed by atoms with E-state index in [-0.39, 0.29) is 11.8 Å². The van der Waals surface area contributed by atoms with Crippen LogP contribution < -0.4 is 14.8 Å². The Morgan fingerprint density at radius 2 is 1.71 bits per heavy atom. The predicted octanol–water partition coefficient (Wildman–Crippen LogP) is 5.68. The van der Waals surface area contributed by atoms with Gasteiger partial charge in [-0.05, 0) is 60.0 Å². The topological polar surface area (TPSA) is 50.8 Å². The van der Waals surface area contributed by atoms with Crippen LogP contribution in [0, 0.1) is 5.82 Å². The minimum Gasteiger partial charge on any atom is -0.493 e. The van der Waals surface area contributed by atoms with Crippen molar-refractivity contribution in [1.29, 1.82) is 0 Å². The smallest absolute Gasteiger partial charge is 0.322 e. The normalized spacial score (nSPS) is 15.2. The Morgan fingerprint density at radius 1 is 1.03 bits per heavy atom. The number of rotatable bonds is 4. The Balaban J connectivity index is 1.78. The molecule has 0 aliphatic carbocycles. The molecule has 0 spiro atoms. The van der Waals surface area contributed by atoms with Crippen LogP contribution in [0.2, 0.25) is 5.02 Å². The van der Waals surface area contributed by atoms with E-state index in [0.29, 0.717) is 40.7 Å². The maximum atomic E-state index is 14.9. The second-order valence-corrected chi connectivity index (χ2v) is 7.65. The first-order chi connectivity index (χ1) is 15.0. The van der Waals surface area contributed by atoms with Gasteiger partial charge in [0, 0.05) is 22.8 Å². The lowest BCUT2D eigenvalue weighted by Crippen LogP contribution is -2.43. The van der Waals surface area contributed by atoms with Crippen LogP contribution in [0.25, 0.3) is 0 Å². The summed E-state index contributed by atoms with van der Waals surface area (Å²) in [5.41, 5.74) is 2.82. The van der Waals surface area contributed by atoms with E-state index in [4.69, 9.17) is 21.1 Å². The van der Waals surface area contributed by atoms with Gasteiger partial charge in [-0.1, -0.05) is 29.8 Å². The first kappa shape index (κ1) is 21.0. The van der Waals surface area contributed by atoms with Crippen molar-refractivity contribution in [1.82, 2.24) is 4.90 Å². The molecule has 31 heavy (non-hydrogen) atoms. The fraction of sp³-hybridized carbons (Fsp3) is 0.208. The third-order valence-corrected chi connectivity index (χ3v) is 5.68. The molecule has 1 aliphatic rings. The molecule has 1 heterocycles. The van der Waals surface area contributed by atoms with Crippen molar-refractivity contribution in [3.8, 4) is 11.5 Å². The molecule has 0 saturated heterocycles. The van der Waals surface area contributed by atoms with Crippen molar-refractivity contribution >= 4 is 23.3 Å². The molecule has 0 fully saturated rings. The maximum Gasteiger partial charge on any atom is 0.322 e. The summed E-state index contributed by atoms with van der Waals surface area (Å²) in [4.78, 5) is 14.9. The highest BCUT2D eigenvalue weighted by atomic mass is 35.5. The number of methoxy groups -OCH3 is 2. The molecule has 4 rings (SSSR count). The van der Waals surface area contributed by atoms with Crippen LogP contribution in [0.5, 0.6) is 11.5 Å². The van der Waals surface area contributed by atoms with E-state index < -0.39 is 6.04 Å². The van der Waals surface area contributed by atoms with E-state index in [1.165, 1.54) is 6.07 Å². The summed E-state index contributed by atoms with van der Waals surface area (Å²) >= 11 is 5.94. The second kappa shape index (κ2) is 8.86. The fourth-order valence-electron chi connectivity index (χ4n) is 3.93. The minimum atomic E-state index is -0.614. The molecule has 1 aliphatic heterocycles. The number of urea groups is 1. The zero-order chi connectivity index (χ0) is 22.0. The van der Waals surface area contributed by atoms with Gasteiger partial charge in [-0.3, -0.25) is 0 Å². The van der Waals surface area contributed by atoms with Crippen molar-refractivity contribution in [3.63, 3.8) is 0 Å². The van der Waals surface area contributed by atoms with Crippen molar-refractivity contribution < 1.29 is 18.7 Å². The number of hydrogen-bond acceptors (Lipinski definition) is 3. The van der Waals surface area contributed by atoms with Gasteiger partial charge in [-0.15, -0.1) is 0 Å². The van der Waals surface area contributed by atoms with Crippen molar-refractivity contribution in [2.45, 2.75) is 12.5 Å². The standard InChI is InChI=1S/C24H22ClFN2O3/c1-30-21-13-15-11-12-28(24(29)27-17-9-7-16(25)8-10-17)23(19(15)14-22(21)31-2)18-5-3-4-6-20(18)26/h3-10,13-14,23H,11-12H2,1-2H3,(H,27,29)/t23-/m0/s1. The van der Waals surface area contributed by atoms with Gasteiger partial charge in [0.1, 0.15) is 5.82 Å². The number of amides is 2. The SMILES string of the molecule is COc1cc2c(cc1OC)[C@H](c1ccccc1F)N(C(=O)Nc1ccc(Cl)cc1)CC2. The van der Waals surface area contributed by atoms with Gasteiger partial charge in [-0.2, -0.15) is 0 Å². The molecular weight excluding hydrogens is 419 g/mol. The molecule has 5 nitrogen and oxygen atoms in total. The van der Waals surface area contributed by atoms with Crippen molar-refractivity contribution in [2.75, 3.05) is 26.1 Å². The van der Waals surface area contributed by atoms with Gasteiger partial charge in [0.05, 0.1) is 20.3 Å². The van der Waals surface area contributed by atoms with Crippen LogP contribution in [-0.2, 0) is 6.42 Å². The third kappa shape index (κ3) is 4.16. The van der Waals surface area contributed by atoms with E-state index in [1.54, 1.807) is 61.6 Å². The van der Waals surface area contributed by atoms with Crippen LogP contribution in [0.1, 0.15) is 22.7 Å². The van der Waals surface area contributed by atoms with Gasteiger partial charge in [0.25, 0.3) is 0 Å². The van der Waals surface area contributed by atoms with Crippen LogP contribution in [0.15, 0.2) is 60.7 Å². The largest absolute Gasteiger partial charge is 0.493 e. The quantitative estimate of drug-likeness (QED) is 0.568. The summed E-state index contributed by atoms with van der Waals surface area (Å²) in [7, 11) is 3.13. The summed E-state index contributed by atoms with van der Waals surface area (Å²) in [6, 6.07) is 16.2. The summed E-state index contributed by atoms with van der Waals surface area (Å²) in [5.74, 6) is 0.759. The van der Waals surface area contributed by atoms with Crippen molar-refractivity contribution in [2.24, 2.45) is 0 Å². The zero-order valence-electron chi connectivity index (χ0n) is 17.2. The van der Waals surface area contributed by atoms with Gasteiger partial charge in [0.15, 0.2) is 11.5 Å².